The van der Waals surface area contributed by atoms with Gasteiger partial charge in [0.15, 0.2) is 0 Å². The van der Waals surface area contributed by atoms with E-state index in [2.05, 4.69) is 73.1 Å². The van der Waals surface area contributed by atoms with Gasteiger partial charge in [-0.1, -0.05) is 75.2 Å². The third-order valence-corrected chi connectivity index (χ3v) is 6.97. The molecule has 6 heteroatoms. The maximum Gasteiger partial charge on any atom is 0.224 e. The van der Waals surface area contributed by atoms with Crippen LogP contribution in [0, 0.1) is 0 Å². The number of nitrogens with one attached hydrogen (secondary N) is 1. The van der Waals surface area contributed by atoms with Gasteiger partial charge >= 0.3 is 0 Å². The van der Waals surface area contributed by atoms with Gasteiger partial charge in [-0.3, -0.25) is 4.79 Å². The number of rotatable bonds is 12. The number of aromatic nitrogens is 2. The quantitative estimate of drug-likeness (QED) is 0.198. The summed E-state index contributed by atoms with van der Waals surface area (Å²) in [6.45, 7) is 8.67. The Morgan fingerprint density at radius 3 is 2.42 bits per heavy atom. The minimum Gasteiger partial charge on any atom is -0.492 e. The number of nitrogens with zero attached hydrogens (tertiary/aromatic N) is 2. The van der Waals surface area contributed by atoms with Crippen molar-refractivity contribution in [3.63, 3.8) is 0 Å². The van der Waals surface area contributed by atoms with Gasteiger partial charge in [0.25, 0.3) is 0 Å². The summed E-state index contributed by atoms with van der Waals surface area (Å²) in [4.78, 5) is 17.1. The molecule has 0 radical (unpaired) electrons. The number of halogens is 1. The zero-order valence-electron chi connectivity index (χ0n) is 22.7. The molecule has 0 unspecified atom stereocenters. The maximum absolute atomic E-state index is 12.2. The van der Waals surface area contributed by atoms with Crippen molar-refractivity contribution < 1.29 is 9.53 Å². The lowest BCUT2D eigenvalue weighted by molar-refractivity contribution is -0.120. The van der Waals surface area contributed by atoms with Crippen LogP contribution in [0.2, 0.25) is 5.02 Å². The van der Waals surface area contributed by atoms with Crippen LogP contribution in [0.15, 0.2) is 72.8 Å². The minimum atomic E-state index is 0.0437. The highest BCUT2D eigenvalue weighted by atomic mass is 35.5. The van der Waals surface area contributed by atoms with Gasteiger partial charge in [0, 0.05) is 18.0 Å². The molecule has 4 aromatic rings. The Morgan fingerprint density at radius 1 is 0.947 bits per heavy atom. The Hall–Kier alpha value is -3.31. The molecular weight excluding hydrogens is 494 g/mol. The molecule has 38 heavy (non-hydrogen) atoms. The Balaban J connectivity index is 1.24. The minimum absolute atomic E-state index is 0.0437. The van der Waals surface area contributed by atoms with Crippen molar-refractivity contribution in [3.05, 3.63) is 94.8 Å². The number of amides is 1. The fourth-order valence-electron chi connectivity index (χ4n) is 4.53. The Bertz CT molecular complexity index is 1320. The monoisotopic (exact) mass is 531 g/mol. The Labute approximate surface area is 231 Å². The number of carbonyl (C=O) groups excluding carboxylic acids is 1. The van der Waals surface area contributed by atoms with Gasteiger partial charge in [0.1, 0.15) is 18.2 Å². The molecule has 1 aromatic heterocycles. The number of fused-ring (bicyclic) bond motifs is 1. The van der Waals surface area contributed by atoms with Gasteiger partial charge in [0.05, 0.1) is 24.0 Å². The highest BCUT2D eigenvalue weighted by Crippen LogP contribution is 2.24. The van der Waals surface area contributed by atoms with E-state index >= 15 is 0 Å². The predicted octanol–water partition coefficient (Wildman–Crippen LogP) is 7.14. The van der Waals surface area contributed by atoms with Crippen LogP contribution in [0.25, 0.3) is 11.0 Å². The summed E-state index contributed by atoms with van der Waals surface area (Å²) >= 11 is 5.91. The van der Waals surface area contributed by atoms with Crippen LogP contribution >= 0.6 is 11.6 Å². The average molecular weight is 532 g/mol. The van der Waals surface area contributed by atoms with E-state index in [1.165, 1.54) is 5.56 Å². The van der Waals surface area contributed by atoms with Crippen molar-refractivity contribution in [2.24, 2.45) is 0 Å². The molecule has 0 atom stereocenters. The number of hydrogen-bond acceptors (Lipinski definition) is 3. The molecule has 0 aliphatic carbocycles. The van der Waals surface area contributed by atoms with Crippen molar-refractivity contribution in [3.8, 4) is 5.75 Å². The van der Waals surface area contributed by atoms with Gasteiger partial charge in [-0.2, -0.15) is 0 Å². The van der Waals surface area contributed by atoms with Crippen LogP contribution in [0.4, 0.5) is 0 Å². The highest BCUT2D eigenvalue weighted by Gasteiger charge is 2.14. The number of ether oxygens (including phenoxy) is 1. The van der Waals surface area contributed by atoms with Crippen molar-refractivity contribution in [2.45, 2.75) is 64.8 Å². The molecule has 0 saturated heterocycles. The molecule has 1 heterocycles. The van der Waals surface area contributed by atoms with Gasteiger partial charge in [-0.15, -0.1) is 0 Å². The van der Waals surface area contributed by atoms with Crippen molar-refractivity contribution in [2.75, 3.05) is 13.2 Å². The molecule has 0 aliphatic rings. The molecular formula is C32H38ClN3O2. The van der Waals surface area contributed by atoms with Crippen molar-refractivity contribution >= 4 is 28.5 Å². The van der Waals surface area contributed by atoms with Crippen LogP contribution in [-0.4, -0.2) is 28.6 Å². The van der Waals surface area contributed by atoms with E-state index in [1.54, 1.807) is 0 Å². The summed E-state index contributed by atoms with van der Waals surface area (Å²) in [5.74, 6) is 2.02. The second-order valence-electron chi connectivity index (χ2n) is 10.8. The Kier molecular flexibility index (Phi) is 9.46. The zero-order valence-corrected chi connectivity index (χ0v) is 23.4. The molecule has 3 aromatic carbocycles. The van der Waals surface area contributed by atoms with Crippen LogP contribution in [0.3, 0.4) is 0 Å². The number of benzene rings is 3. The second kappa shape index (κ2) is 13.0. The van der Waals surface area contributed by atoms with Crippen LogP contribution in [0.1, 0.15) is 57.0 Å². The largest absolute Gasteiger partial charge is 0.492 e. The van der Waals surface area contributed by atoms with Crippen LogP contribution in [0.5, 0.6) is 5.75 Å². The van der Waals surface area contributed by atoms with E-state index in [0.29, 0.717) is 24.6 Å². The topological polar surface area (TPSA) is 56.1 Å². The molecule has 1 amide bonds. The first-order valence-corrected chi connectivity index (χ1v) is 13.9. The number of carbonyl (C=O) groups is 1. The number of imidazole rings is 1. The van der Waals surface area contributed by atoms with Gasteiger partial charge in [-0.05, 0) is 65.8 Å². The van der Waals surface area contributed by atoms with Crippen molar-refractivity contribution in [1.29, 1.82) is 0 Å². The summed E-state index contributed by atoms with van der Waals surface area (Å²) in [7, 11) is 0. The Morgan fingerprint density at radius 2 is 1.68 bits per heavy atom. The standard InChI is InChI=1S/C32H38ClN3O2/c1-32(2,3)25-14-18-27(19-15-25)38-22-21-36-29-10-7-6-9-28(29)35-30(36)11-5-4-8-20-34-31(37)23-24-12-16-26(33)17-13-24/h6-7,9-10,12-19H,4-5,8,11,20-23H2,1-3H3,(H,34,37). The van der Waals surface area contributed by atoms with Crippen LogP contribution in [-0.2, 0) is 29.6 Å². The molecule has 200 valence electrons. The summed E-state index contributed by atoms with van der Waals surface area (Å²) < 4.78 is 8.37. The maximum atomic E-state index is 12.2. The average Bonchev–Trinajstić information content (AvgIpc) is 3.24. The van der Waals surface area contributed by atoms with E-state index in [-0.39, 0.29) is 11.3 Å². The zero-order chi connectivity index (χ0) is 27.0. The summed E-state index contributed by atoms with van der Waals surface area (Å²) in [5, 5.41) is 3.70. The van der Waals surface area contributed by atoms with E-state index in [4.69, 9.17) is 21.3 Å². The molecule has 0 fully saturated rings. The molecule has 5 nitrogen and oxygen atoms in total. The number of para-hydroxylation sites is 2. The second-order valence-corrected chi connectivity index (χ2v) is 11.2. The van der Waals surface area contributed by atoms with E-state index in [0.717, 1.165) is 60.4 Å². The van der Waals surface area contributed by atoms with Gasteiger partial charge in [-0.25, -0.2) is 4.98 Å². The number of hydrogen-bond donors (Lipinski definition) is 1. The molecule has 0 saturated carbocycles. The predicted molar refractivity (Wildman–Crippen MR) is 156 cm³/mol. The molecule has 0 spiro atoms. The normalized spacial score (nSPS) is 11.6. The molecule has 0 aliphatic heterocycles. The lowest BCUT2D eigenvalue weighted by atomic mass is 9.87. The molecule has 4 rings (SSSR count). The fourth-order valence-corrected chi connectivity index (χ4v) is 4.66. The molecule has 1 N–H and O–H groups in total. The SMILES string of the molecule is CC(C)(C)c1ccc(OCCn2c(CCCCCNC(=O)Cc3ccc(Cl)cc3)nc3ccccc32)cc1. The summed E-state index contributed by atoms with van der Waals surface area (Å²) in [6, 6.07) is 24.1. The fraction of sp³-hybridized carbons (Fsp3) is 0.375. The van der Waals surface area contributed by atoms with Crippen LogP contribution < -0.4 is 10.1 Å². The first kappa shape index (κ1) is 27.7. The smallest absolute Gasteiger partial charge is 0.224 e. The molecule has 0 bridgehead atoms. The van der Waals surface area contributed by atoms with Crippen molar-refractivity contribution in [1.82, 2.24) is 14.9 Å². The number of unbranched alkanes of at least 4 members (excludes halogenated alkanes) is 2. The first-order valence-electron chi connectivity index (χ1n) is 13.5. The third-order valence-electron chi connectivity index (χ3n) is 6.71. The lowest BCUT2D eigenvalue weighted by Gasteiger charge is -2.19. The highest BCUT2D eigenvalue weighted by molar-refractivity contribution is 6.30. The summed E-state index contributed by atoms with van der Waals surface area (Å²) in [5.41, 5.74) is 4.56. The third kappa shape index (κ3) is 7.84. The first-order chi connectivity index (χ1) is 18.3. The lowest BCUT2D eigenvalue weighted by Crippen LogP contribution is -2.26. The van der Waals surface area contributed by atoms with E-state index in [1.807, 2.05) is 30.3 Å². The van der Waals surface area contributed by atoms with E-state index < -0.39 is 0 Å². The van der Waals surface area contributed by atoms with E-state index in [9.17, 15) is 4.79 Å². The summed E-state index contributed by atoms with van der Waals surface area (Å²) in [6.07, 6.45) is 4.27. The number of aryl methyl sites for hydroxylation is 1. The van der Waals surface area contributed by atoms with Gasteiger partial charge in [0.2, 0.25) is 5.91 Å². The van der Waals surface area contributed by atoms with Gasteiger partial charge < -0.3 is 14.6 Å².